The lowest BCUT2D eigenvalue weighted by Crippen LogP contribution is -2.33. The van der Waals surface area contributed by atoms with Gasteiger partial charge in [0, 0.05) is 10.6 Å². The summed E-state index contributed by atoms with van der Waals surface area (Å²) in [6.45, 7) is 9.52. The molecule has 0 atom stereocenters. The van der Waals surface area contributed by atoms with Crippen molar-refractivity contribution >= 4 is 39.9 Å². The number of carbonyl (C=O) groups is 2. The van der Waals surface area contributed by atoms with Crippen molar-refractivity contribution in [2.75, 3.05) is 11.9 Å². The van der Waals surface area contributed by atoms with Gasteiger partial charge >= 0.3 is 0 Å². The highest BCUT2D eigenvalue weighted by atomic mass is 32.1. The number of fused-ring (bicyclic) bond motifs is 1. The molecule has 0 aliphatic carbocycles. The van der Waals surface area contributed by atoms with Gasteiger partial charge in [-0.25, -0.2) is 4.98 Å². The molecule has 32 heavy (non-hydrogen) atoms. The summed E-state index contributed by atoms with van der Waals surface area (Å²) < 4.78 is 5.33. The molecule has 0 radical (unpaired) electrons. The van der Waals surface area contributed by atoms with Crippen LogP contribution in [0.25, 0.3) is 21.7 Å². The Balaban J connectivity index is 1.56. The Labute approximate surface area is 189 Å². The van der Waals surface area contributed by atoms with Gasteiger partial charge in [0.05, 0.1) is 33.8 Å². The van der Waals surface area contributed by atoms with Gasteiger partial charge in [0.25, 0.3) is 11.6 Å². The summed E-state index contributed by atoms with van der Waals surface area (Å²) in [5.74, 6) is -0.680. The Morgan fingerprint density at radius 1 is 1.03 bits per heavy atom. The zero-order chi connectivity index (χ0) is 23.0. The number of aryl methyl sites for hydroxylation is 5. The maximum absolute atomic E-state index is 13.0. The van der Waals surface area contributed by atoms with E-state index in [1.54, 1.807) is 24.3 Å². The topological polar surface area (TPSA) is 97.1 Å². The molecule has 0 aliphatic heterocycles. The van der Waals surface area contributed by atoms with Crippen molar-refractivity contribution < 1.29 is 14.1 Å². The maximum atomic E-state index is 13.0. The Morgan fingerprint density at radius 3 is 2.41 bits per heavy atom. The van der Waals surface area contributed by atoms with Crippen molar-refractivity contribution in [1.82, 2.24) is 15.5 Å². The number of rotatable bonds is 5. The highest BCUT2D eigenvalue weighted by molar-refractivity contribution is 7.15. The Hall–Kier alpha value is -3.52. The highest BCUT2D eigenvalue weighted by Crippen LogP contribution is 2.31. The highest BCUT2D eigenvalue weighted by Gasteiger charge is 2.20. The average molecular weight is 449 g/mol. The lowest BCUT2D eigenvalue weighted by Gasteiger charge is -2.13. The number of carbonyl (C=O) groups excluding carboxylic acids is 2. The van der Waals surface area contributed by atoms with E-state index in [2.05, 4.69) is 20.8 Å². The second kappa shape index (κ2) is 8.55. The normalized spacial score (nSPS) is 11.0. The van der Waals surface area contributed by atoms with Crippen molar-refractivity contribution in [2.24, 2.45) is 0 Å². The zero-order valence-electron chi connectivity index (χ0n) is 18.6. The Morgan fingerprint density at radius 2 is 1.75 bits per heavy atom. The van der Waals surface area contributed by atoms with Crippen LogP contribution in [0.2, 0.25) is 0 Å². The molecular formula is C24H24N4O3S. The molecule has 7 nitrogen and oxygen atoms in total. The molecule has 0 saturated carbocycles. The van der Waals surface area contributed by atoms with E-state index in [-0.39, 0.29) is 18.4 Å². The van der Waals surface area contributed by atoms with E-state index in [1.165, 1.54) is 0 Å². The molecule has 164 valence electrons. The fourth-order valence-electron chi connectivity index (χ4n) is 3.79. The SMILES string of the molecule is Cc1cc(C)c(NC(=O)CNC(=O)c2cc(-c3ccc(C)s3)nc3onc(C)c23)c(C)c1. The summed E-state index contributed by atoms with van der Waals surface area (Å²) in [5.41, 5.74) is 5.74. The van der Waals surface area contributed by atoms with Crippen molar-refractivity contribution in [3.63, 3.8) is 0 Å². The monoisotopic (exact) mass is 448 g/mol. The molecule has 2 N–H and O–H groups in total. The minimum absolute atomic E-state index is 0.160. The second-order valence-corrected chi connectivity index (χ2v) is 9.21. The maximum Gasteiger partial charge on any atom is 0.259 e. The number of thiophene rings is 1. The summed E-state index contributed by atoms with van der Waals surface area (Å²) in [4.78, 5) is 32.2. The minimum Gasteiger partial charge on any atom is -0.343 e. The van der Waals surface area contributed by atoms with Gasteiger partial charge in [-0.05, 0) is 63.9 Å². The number of amides is 2. The lowest BCUT2D eigenvalue weighted by atomic mass is 10.1. The number of hydrogen-bond acceptors (Lipinski definition) is 6. The quantitative estimate of drug-likeness (QED) is 0.454. The van der Waals surface area contributed by atoms with E-state index >= 15 is 0 Å². The zero-order valence-corrected chi connectivity index (χ0v) is 19.4. The van der Waals surface area contributed by atoms with Gasteiger partial charge in [-0.2, -0.15) is 0 Å². The number of anilines is 1. The van der Waals surface area contributed by atoms with Crippen molar-refractivity contribution in [3.05, 3.63) is 63.2 Å². The van der Waals surface area contributed by atoms with Gasteiger partial charge in [-0.1, -0.05) is 22.9 Å². The molecule has 0 aliphatic rings. The first-order valence-corrected chi connectivity index (χ1v) is 11.0. The predicted molar refractivity (Wildman–Crippen MR) is 126 cm³/mol. The van der Waals surface area contributed by atoms with Crippen LogP contribution < -0.4 is 10.6 Å². The van der Waals surface area contributed by atoms with Crippen LogP contribution in [0.15, 0.2) is 34.9 Å². The van der Waals surface area contributed by atoms with Crippen molar-refractivity contribution in [1.29, 1.82) is 0 Å². The third-order valence-electron chi connectivity index (χ3n) is 5.21. The van der Waals surface area contributed by atoms with Gasteiger partial charge in [0.15, 0.2) is 0 Å². The molecule has 0 spiro atoms. The minimum atomic E-state index is -0.384. The van der Waals surface area contributed by atoms with Crippen LogP contribution in [0.5, 0.6) is 0 Å². The number of nitrogens with zero attached hydrogens (tertiary/aromatic N) is 2. The van der Waals surface area contributed by atoms with Gasteiger partial charge in [0.1, 0.15) is 0 Å². The standard InChI is InChI=1S/C24H24N4O3S/c1-12-8-13(2)22(14(3)9-12)27-20(29)11-25-23(30)17-10-18(19-7-6-15(4)32-19)26-24-21(17)16(5)28-31-24/h6-10H,11H2,1-5H3,(H,25,30)(H,27,29). The lowest BCUT2D eigenvalue weighted by molar-refractivity contribution is -0.115. The molecule has 0 unspecified atom stereocenters. The molecule has 0 bridgehead atoms. The van der Waals surface area contributed by atoms with E-state index in [4.69, 9.17) is 4.52 Å². The third kappa shape index (κ3) is 4.27. The molecule has 8 heteroatoms. The summed E-state index contributed by atoms with van der Waals surface area (Å²) >= 11 is 1.58. The Bertz CT molecular complexity index is 1330. The molecule has 3 heterocycles. The van der Waals surface area contributed by atoms with Gasteiger partial charge in [0.2, 0.25) is 5.91 Å². The molecule has 1 aromatic carbocycles. The molecule has 0 fully saturated rings. The van der Waals surface area contributed by atoms with Crippen LogP contribution in [-0.2, 0) is 4.79 Å². The molecular weight excluding hydrogens is 424 g/mol. The fourth-order valence-corrected chi connectivity index (χ4v) is 4.62. The Kier molecular flexibility index (Phi) is 5.80. The summed E-state index contributed by atoms with van der Waals surface area (Å²) in [5, 5.41) is 10.1. The van der Waals surface area contributed by atoms with Crippen molar-refractivity contribution in [2.45, 2.75) is 34.6 Å². The van der Waals surface area contributed by atoms with Crippen LogP contribution in [0, 0.1) is 34.6 Å². The summed E-state index contributed by atoms with van der Waals surface area (Å²) in [6, 6.07) is 9.70. The second-order valence-electron chi connectivity index (χ2n) is 7.92. The van der Waals surface area contributed by atoms with Crippen LogP contribution >= 0.6 is 11.3 Å². The first-order valence-electron chi connectivity index (χ1n) is 10.2. The van der Waals surface area contributed by atoms with E-state index in [0.29, 0.717) is 28.1 Å². The van der Waals surface area contributed by atoms with E-state index in [1.807, 2.05) is 52.0 Å². The van der Waals surface area contributed by atoms with Gasteiger partial charge < -0.3 is 15.2 Å². The number of nitrogens with one attached hydrogen (secondary N) is 2. The molecule has 3 aromatic heterocycles. The van der Waals surface area contributed by atoms with E-state index in [0.717, 1.165) is 32.1 Å². The third-order valence-corrected chi connectivity index (χ3v) is 6.23. The van der Waals surface area contributed by atoms with E-state index in [9.17, 15) is 9.59 Å². The fraction of sp³-hybridized carbons (Fsp3) is 0.250. The molecule has 4 rings (SSSR count). The summed E-state index contributed by atoms with van der Waals surface area (Å²) in [7, 11) is 0. The van der Waals surface area contributed by atoms with Crippen LogP contribution in [-0.4, -0.2) is 28.5 Å². The number of pyridine rings is 1. The number of benzene rings is 1. The first kappa shape index (κ1) is 21.7. The largest absolute Gasteiger partial charge is 0.343 e. The van der Waals surface area contributed by atoms with Crippen LogP contribution in [0.4, 0.5) is 5.69 Å². The average Bonchev–Trinajstić information content (AvgIpc) is 3.34. The predicted octanol–water partition coefficient (Wildman–Crippen LogP) is 4.86. The van der Waals surface area contributed by atoms with Gasteiger partial charge in [-0.3, -0.25) is 9.59 Å². The van der Waals surface area contributed by atoms with Crippen LogP contribution in [0.3, 0.4) is 0 Å². The van der Waals surface area contributed by atoms with Crippen molar-refractivity contribution in [3.8, 4) is 10.6 Å². The molecule has 2 amide bonds. The first-order chi connectivity index (χ1) is 15.2. The molecule has 0 saturated heterocycles. The van der Waals surface area contributed by atoms with Gasteiger partial charge in [-0.15, -0.1) is 11.3 Å². The van der Waals surface area contributed by atoms with Crippen LogP contribution in [0.1, 0.15) is 37.6 Å². The number of hydrogen-bond donors (Lipinski definition) is 2. The van der Waals surface area contributed by atoms with E-state index < -0.39 is 0 Å². The molecule has 4 aromatic rings. The smallest absolute Gasteiger partial charge is 0.259 e. The number of aromatic nitrogens is 2. The summed E-state index contributed by atoms with van der Waals surface area (Å²) in [6.07, 6.45) is 0.